The molecule has 0 bridgehead atoms. The van der Waals surface area contributed by atoms with Gasteiger partial charge in [-0.2, -0.15) is 13.2 Å². The molecule has 3 N–H and O–H groups in total. The fraction of sp³-hybridized carbons (Fsp3) is 0.250. The summed E-state index contributed by atoms with van der Waals surface area (Å²) in [5.74, 6) is 5.38. The van der Waals surface area contributed by atoms with E-state index in [1.54, 1.807) is 19.1 Å². The highest BCUT2D eigenvalue weighted by atomic mass is 79.9. The first kappa shape index (κ1) is 14.1. The van der Waals surface area contributed by atoms with E-state index in [9.17, 15) is 13.2 Å². The standard InChI is InChI=1S/C12H11BrF3N3/c1-5-3-4-7(13)8-9(5)18-11(12(14,15)16)6(2)10(8)19-17/h3-4H,17H2,1-2H3,(H,18,19). The van der Waals surface area contributed by atoms with E-state index in [0.717, 1.165) is 0 Å². The lowest BCUT2D eigenvalue weighted by Gasteiger charge is -2.17. The van der Waals surface area contributed by atoms with Crippen molar-refractivity contribution in [1.82, 2.24) is 4.98 Å². The number of benzene rings is 1. The molecule has 1 heterocycles. The number of nitrogens with one attached hydrogen (secondary N) is 1. The summed E-state index contributed by atoms with van der Waals surface area (Å²) in [6.45, 7) is 3.05. The van der Waals surface area contributed by atoms with Crippen molar-refractivity contribution in [2.75, 3.05) is 5.43 Å². The lowest BCUT2D eigenvalue weighted by atomic mass is 10.0. The minimum atomic E-state index is -4.52. The number of rotatable bonds is 1. The number of pyridine rings is 1. The molecule has 7 heteroatoms. The molecule has 102 valence electrons. The van der Waals surface area contributed by atoms with Crippen molar-refractivity contribution in [2.45, 2.75) is 20.0 Å². The van der Waals surface area contributed by atoms with Crippen LogP contribution in [-0.2, 0) is 6.18 Å². The van der Waals surface area contributed by atoms with Crippen molar-refractivity contribution in [3.8, 4) is 0 Å². The number of halogens is 4. The zero-order chi connectivity index (χ0) is 14.4. The Kier molecular flexibility index (Phi) is 3.44. The number of anilines is 1. The number of nitrogen functional groups attached to an aromatic ring is 1. The third kappa shape index (κ3) is 2.28. The molecule has 19 heavy (non-hydrogen) atoms. The van der Waals surface area contributed by atoms with Crippen molar-refractivity contribution in [1.29, 1.82) is 0 Å². The predicted octanol–water partition coefficient (Wildman–Crippen LogP) is 3.92. The van der Waals surface area contributed by atoms with Gasteiger partial charge in [0.1, 0.15) is 5.69 Å². The van der Waals surface area contributed by atoms with Crippen molar-refractivity contribution < 1.29 is 13.2 Å². The number of alkyl halides is 3. The van der Waals surface area contributed by atoms with Crippen molar-refractivity contribution in [3.63, 3.8) is 0 Å². The lowest BCUT2D eigenvalue weighted by molar-refractivity contribution is -0.141. The van der Waals surface area contributed by atoms with Gasteiger partial charge in [-0.05, 0) is 25.5 Å². The molecular weight excluding hydrogens is 323 g/mol. The molecule has 0 aliphatic carbocycles. The van der Waals surface area contributed by atoms with Crippen LogP contribution in [0.5, 0.6) is 0 Å². The molecule has 1 aromatic carbocycles. The monoisotopic (exact) mass is 333 g/mol. The molecule has 0 spiro atoms. The normalized spacial score (nSPS) is 11.9. The maximum Gasteiger partial charge on any atom is 0.433 e. The molecule has 3 nitrogen and oxygen atoms in total. The Bertz CT molecular complexity index is 653. The number of hydrazine groups is 1. The first-order chi connectivity index (χ1) is 8.77. The third-order valence-electron chi connectivity index (χ3n) is 2.95. The van der Waals surface area contributed by atoms with Crippen LogP contribution in [0.25, 0.3) is 10.9 Å². The maximum atomic E-state index is 13.0. The van der Waals surface area contributed by atoms with E-state index in [1.807, 2.05) is 0 Å². The summed E-state index contributed by atoms with van der Waals surface area (Å²) in [4.78, 5) is 3.76. The molecule has 1 aromatic heterocycles. The van der Waals surface area contributed by atoms with E-state index in [4.69, 9.17) is 5.84 Å². The fourth-order valence-electron chi connectivity index (χ4n) is 2.01. The Morgan fingerprint density at radius 2 is 1.89 bits per heavy atom. The molecule has 0 unspecified atom stereocenters. The number of hydrogen-bond donors (Lipinski definition) is 2. The Balaban J connectivity index is 2.99. The minimum absolute atomic E-state index is 0.0196. The van der Waals surface area contributed by atoms with E-state index in [0.29, 0.717) is 15.4 Å². The fourth-order valence-corrected chi connectivity index (χ4v) is 2.53. The summed E-state index contributed by atoms with van der Waals surface area (Å²) in [5, 5.41) is 0.549. The van der Waals surface area contributed by atoms with Crippen LogP contribution in [0.2, 0.25) is 0 Å². The van der Waals surface area contributed by atoms with Gasteiger partial charge in [-0.15, -0.1) is 0 Å². The van der Waals surface area contributed by atoms with E-state index in [2.05, 4.69) is 26.3 Å². The Morgan fingerprint density at radius 3 is 2.42 bits per heavy atom. The van der Waals surface area contributed by atoms with Crippen LogP contribution in [0, 0.1) is 13.8 Å². The van der Waals surface area contributed by atoms with Gasteiger partial charge < -0.3 is 5.43 Å². The van der Waals surface area contributed by atoms with Crippen LogP contribution in [0.4, 0.5) is 18.9 Å². The van der Waals surface area contributed by atoms with Gasteiger partial charge >= 0.3 is 6.18 Å². The summed E-state index contributed by atoms with van der Waals surface area (Å²) in [7, 11) is 0. The highest BCUT2D eigenvalue weighted by Gasteiger charge is 2.36. The topological polar surface area (TPSA) is 50.9 Å². The number of aromatic nitrogens is 1. The summed E-state index contributed by atoms with van der Waals surface area (Å²) >= 11 is 3.32. The van der Waals surface area contributed by atoms with Gasteiger partial charge in [0.05, 0.1) is 11.2 Å². The third-order valence-corrected chi connectivity index (χ3v) is 3.61. The summed E-state index contributed by atoms with van der Waals surface area (Å²) in [6, 6.07) is 3.46. The first-order valence-electron chi connectivity index (χ1n) is 5.40. The number of fused-ring (bicyclic) bond motifs is 1. The zero-order valence-corrected chi connectivity index (χ0v) is 11.8. The maximum absolute atomic E-state index is 13.0. The molecule has 2 rings (SSSR count). The zero-order valence-electron chi connectivity index (χ0n) is 10.2. The minimum Gasteiger partial charge on any atom is -0.323 e. The second kappa shape index (κ2) is 4.64. The van der Waals surface area contributed by atoms with E-state index in [1.165, 1.54) is 6.92 Å². The van der Waals surface area contributed by atoms with Gasteiger partial charge in [0, 0.05) is 15.4 Å². The van der Waals surface area contributed by atoms with E-state index >= 15 is 0 Å². The van der Waals surface area contributed by atoms with Crippen LogP contribution in [0.3, 0.4) is 0 Å². The number of hydrogen-bond acceptors (Lipinski definition) is 3. The van der Waals surface area contributed by atoms with Crippen LogP contribution >= 0.6 is 15.9 Å². The van der Waals surface area contributed by atoms with Crippen LogP contribution in [-0.4, -0.2) is 4.98 Å². The summed E-state index contributed by atoms with van der Waals surface area (Å²) in [5.41, 5.74) is 2.57. The van der Waals surface area contributed by atoms with Crippen LogP contribution in [0.1, 0.15) is 16.8 Å². The molecule has 2 aromatic rings. The molecule has 0 radical (unpaired) electrons. The molecule has 0 saturated heterocycles. The average Bonchev–Trinajstić information content (AvgIpc) is 2.32. The molecule has 0 amide bonds. The van der Waals surface area contributed by atoms with Gasteiger partial charge in [0.2, 0.25) is 0 Å². The predicted molar refractivity (Wildman–Crippen MR) is 71.7 cm³/mol. The van der Waals surface area contributed by atoms with E-state index in [-0.39, 0.29) is 16.8 Å². The smallest absolute Gasteiger partial charge is 0.323 e. The van der Waals surface area contributed by atoms with Gasteiger partial charge in [-0.3, -0.25) is 5.84 Å². The van der Waals surface area contributed by atoms with E-state index < -0.39 is 11.9 Å². The van der Waals surface area contributed by atoms with Crippen molar-refractivity contribution in [3.05, 3.63) is 33.4 Å². The number of aryl methyl sites for hydroxylation is 1. The molecule has 0 aliphatic heterocycles. The summed E-state index contributed by atoms with van der Waals surface area (Å²) < 4.78 is 39.6. The lowest BCUT2D eigenvalue weighted by Crippen LogP contribution is -2.16. The molecule has 0 aliphatic rings. The second-order valence-electron chi connectivity index (χ2n) is 4.19. The van der Waals surface area contributed by atoms with Gasteiger partial charge in [0.15, 0.2) is 0 Å². The molecule has 0 saturated carbocycles. The highest BCUT2D eigenvalue weighted by molar-refractivity contribution is 9.10. The van der Waals surface area contributed by atoms with Crippen molar-refractivity contribution in [2.24, 2.45) is 5.84 Å². The van der Waals surface area contributed by atoms with Gasteiger partial charge in [0.25, 0.3) is 0 Å². The van der Waals surface area contributed by atoms with Crippen LogP contribution in [0.15, 0.2) is 16.6 Å². The first-order valence-corrected chi connectivity index (χ1v) is 6.20. The largest absolute Gasteiger partial charge is 0.433 e. The van der Waals surface area contributed by atoms with Crippen molar-refractivity contribution >= 4 is 32.5 Å². The SMILES string of the molecule is Cc1c(C(F)(F)F)nc2c(C)ccc(Br)c2c1NN. The molecule has 0 atom stereocenters. The Labute approximate surface area is 116 Å². The Hall–Kier alpha value is -1.34. The van der Waals surface area contributed by atoms with Gasteiger partial charge in [-0.1, -0.05) is 22.0 Å². The van der Waals surface area contributed by atoms with Gasteiger partial charge in [-0.25, -0.2) is 4.98 Å². The van der Waals surface area contributed by atoms with Crippen LogP contribution < -0.4 is 11.3 Å². The number of nitrogens with two attached hydrogens (primary N) is 1. The molecule has 0 fully saturated rings. The Morgan fingerprint density at radius 1 is 1.26 bits per heavy atom. The summed E-state index contributed by atoms with van der Waals surface area (Å²) in [6.07, 6.45) is -4.52. The highest BCUT2D eigenvalue weighted by Crippen LogP contribution is 2.39. The molecular formula is C12H11BrF3N3. The average molecular weight is 334 g/mol. The second-order valence-corrected chi connectivity index (χ2v) is 5.04. The number of nitrogens with zero attached hydrogens (tertiary/aromatic N) is 1. The quantitative estimate of drug-likeness (QED) is 0.614.